The minimum absolute atomic E-state index is 0.208. The number of carbonyl (C=O) groups excluding carboxylic acids is 1. The molecule has 0 fully saturated rings. The second-order valence-electron chi connectivity index (χ2n) is 4.56. The number of carbonyl (C=O) groups is 1. The van der Waals surface area contributed by atoms with E-state index >= 15 is 0 Å². The molecule has 0 radical (unpaired) electrons. The molecule has 2 aromatic heterocycles. The van der Waals surface area contributed by atoms with Crippen LogP contribution in [-0.2, 0) is 0 Å². The predicted octanol–water partition coefficient (Wildman–Crippen LogP) is 2.78. The van der Waals surface area contributed by atoms with Gasteiger partial charge in [0.2, 0.25) is 0 Å². The molecule has 0 spiro atoms. The van der Waals surface area contributed by atoms with Crippen molar-refractivity contribution in [1.82, 2.24) is 14.7 Å². The van der Waals surface area contributed by atoms with Crippen LogP contribution in [0.3, 0.4) is 0 Å². The molecule has 2 heterocycles. The zero-order chi connectivity index (χ0) is 13.7. The maximum absolute atomic E-state index is 13.0. The number of fused-ring (bicyclic) bond motifs is 1. The summed E-state index contributed by atoms with van der Waals surface area (Å²) in [5, 5.41) is 2.82. The molecular weight excluding hydrogens is 245 g/mol. The van der Waals surface area contributed by atoms with Crippen molar-refractivity contribution in [2.75, 3.05) is 6.54 Å². The van der Waals surface area contributed by atoms with Gasteiger partial charge in [0.1, 0.15) is 17.2 Å². The first-order valence-corrected chi connectivity index (χ1v) is 6.63. The highest BCUT2D eigenvalue weighted by Gasteiger charge is 2.10. The van der Waals surface area contributed by atoms with Gasteiger partial charge in [0, 0.05) is 18.9 Å². The molecule has 102 valence electrons. The van der Waals surface area contributed by atoms with Crippen LogP contribution in [0.2, 0.25) is 0 Å². The Kier molecular flexibility index (Phi) is 4.49. The van der Waals surface area contributed by atoms with Gasteiger partial charge in [-0.1, -0.05) is 26.2 Å². The van der Waals surface area contributed by atoms with Gasteiger partial charge in [0.05, 0.1) is 0 Å². The van der Waals surface area contributed by atoms with Crippen molar-refractivity contribution in [3.05, 3.63) is 36.0 Å². The molecule has 2 rings (SSSR count). The number of unbranched alkanes of at least 4 members (excludes halogenated alkanes) is 3. The summed E-state index contributed by atoms with van der Waals surface area (Å²) in [6.45, 7) is 2.80. The van der Waals surface area contributed by atoms with Gasteiger partial charge in [-0.05, 0) is 18.6 Å². The molecule has 0 aromatic carbocycles. The number of amides is 1. The third-order valence-corrected chi connectivity index (χ3v) is 2.96. The van der Waals surface area contributed by atoms with Crippen LogP contribution in [0.4, 0.5) is 4.39 Å². The summed E-state index contributed by atoms with van der Waals surface area (Å²) >= 11 is 0. The van der Waals surface area contributed by atoms with Crippen LogP contribution >= 0.6 is 0 Å². The van der Waals surface area contributed by atoms with Crippen LogP contribution in [0.15, 0.2) is 24.5 Å². The van der Waals surface area contributed by atoms with Crippen LogP contribution in [0.25, 0.3) is 5.65 Å². The standard InChI is InChI=1S/C14H18FN3O/c1-2-3-4-5-8-16-14(19)12-10-18-9-11(15)6-7-13(18)17-12/h6-7,9-10H,2-5,8H2,1H3,(H,16,19). The van der Waals surface area contributed by atoms with Crippen LogP contribution in [0.1, 0.15) is 43.1 Å². The fourth-order valence-corrected chi connectivity index (χ4v) is 1.92. The first-order chi connectivity index (χ1) is 9.20. The second-order valence-corrected chi connectivity index (χ2v) is 4.56. The Bertz CT molecular complexity index is 565. The lowest BCUT2D eigenvalue weighted by molar-refractivity contribution is 0.0948. The normalized spacial score (nSPS) is 10.8. The van der Waals surface area contributed by atoms with Crippen molar-refractivity contribution in [3.8, 4) is 0 Å². The van der Waals surface area contributed by atoms with Crippen LogP contribution < -0.4 is 5.32 Å². The van der Waals surface area contributed by atoms with Gasteiger partial charge < -0.3 is 9.72 Å². The van der Waals surface area contributed by atoms with E-state index in [0.717, 1.165) is 12.8 Å². The van der Waals surface area contributed by atoms with Crippen LogP contribution in [0, 0.1) is 5.82 Å². The first kappa shape index (κ1) is 13.5. The minimum Gasteiger partial charge on any atom is -0.351 e. The van der Waals surface area contributed by atoms with Gasteiger partial charge in [0.15, 0.2) is 0 Å². The maximum atomic E-state index is 13.0. The Morgan fingerprint density at radius 1 is 1.32 bits per heavy atom. The average Bonchev–Trinajstić information content (AvgIpc) is 2.81. The largest absolute Gasteiger partial charge is 0.351 e. The van der Waals surface area contributed by atoms with Gasteiger partial charge >= 0.3 is 0 Å². The number of hydrogen-bond donors (Lipinski definition) is 1. The van der Waals surface area contributed by atoms with Gasteiger partial charge in [0.25, 0.3) is 5.91 Å². The Morgan fingerprint density at radius 2 is 2.16 bits per heavy atom. The van der Waals surface area contributed by atoms with E-state index in [9.17, 15) is 9.18 Å². The molecule has 0 bridgehead atoms. The smallest absolute Gasteiger partial charge is 0.271 e. The molecular formula is C14H18FN3O. The molecule has 5 heteroatoms. The van der Waals surface area contributed by atoms with Crippen molar-refractivity contribution in [2.24, 2.45) is 0 Å². The fraction of sp³-hybridized carbons (Fsp3) is 0.429. The zero-order valence-electron chi connectivity index (χ0n) is 11.0. The van der Waals surface area contributed by atoms with Crippen LogP contribution in [0.5, 0.6) is 0 Å². The molecule has 0 saturated heterocycles. The number of imidazole rings is 1. The Labute approximate surface area is 111 Å². The molecule has 0 aliphatic rings. The van der Waals surface area contributed by atoms with Crippen molar-refractivity contribution in [2.45, 2.75) is 32.6 Å². The van der Waals surface area contributed by atoms with E-state index in [1.165, 1.54) is 29.5 Å². The monoisotopic (exact) mass is 263 g/mol. The SMILES string of the molecule is CCCCCCNC(=O)c1cn2cc(F)ccc2n1. The third kappa shape index (κ3) is 3.53. The Morgan fingerprint density at radius 3 is 2.95 bits per heavy atom. The molecule has 2 aromatic rings. The average molecular weight is 263 g/mol. The van der Waals surface area contributed by atoms with Crippen molar-refractivity contribution < 1.29 is 9.18 Å². The topological polar surface area (TPSA) is 46.4 Å². The molecule has 4 nitrogen and oxygen atoms in total. The van der Waals surface area contributed by atoms with Gasteiger partial charge in [-0.2, -0.15) is 0 Å². The zero-order valence-corrected chi connectivity index (χ0v) is 11.0. The molecule has 0 saturated carbocycles. The van der Waals surface area contributed by atoms with Gasteiger partial charge in [-0.3, -0.25) is 4.79 Å². The molecule has 0 aliphatic heterocycles. The molecule has 0 unspecified atom stereocenters. The van der Waals surface area contributed by atoms with E-state index in [1.807, 2.05) is 0 Å². The van der Waals surface area contributed by atoms with E-state index in [1.54, 1.807) is 12.3 Å². The van der Waals surface area contributed by atoms with E-state index in [2.05, 4.69) is 17.2 Å². The van der Waals surface area contributed by atoms with E-state index in [4.69, 9.17) is 0 Å². The lowest BCUT2D eigenvalue weighted by Crippen LogP contribution is -2.24. The molecule has 0 atom stereocenters. The number of nitrogens with zero attached hydrogens (tertiary/aromatic N) is 2. The summed E-state index contributed by atoms with van der Waals surface area (Å²) in [4.78, 5) is 16.0. The summed E-state index contributed by atoms with van der Waals surface area (Å²) in [7, 11) is 0. The summed E-state index contributed by atoms with van der Waals surface area (Å²) in [6.07, 6.45) is 7.30. The lowest BCUT2D eigenvalue weighted by Gasteiger charge is -2.01. The van der Waals surface area contributed by atoms with Crippen LogP contribution in [-0.4, -0.2) is 21.8 Å². The summed E-state index contributed by atoms with van der Waals surface area (Å²) < 4.78 is 14.5. The predicted molar refractivity (Wildman–Crippen MR) is 71.6 cm³/mol. The number of halogens is 1. The second kappa shape index (κ2) is 6.31. The first-order valence-electron chi connectivity index (χ1n) is 6.63. The molecule has 19 heavy (non-hydrogen) atoms. The highest BCUT2D eigenvalue weighted by Crippen LogP contribution is 2.07. The van der Waals surface area contributed by atoms with Crippen molar-refractivity contribution in [1.29, 1.82) is 0 Å². The quantitative estimate of drug-likeness (QED) is 0.815. The number of rotatable bonds is 6. The molecule has 1 N–H and O–H groups in total. The van der Waals surface area contributed by atoms with Gasteiger partial charge in [-0.25, -0.2) is 9.37 Å². The fourth-order valence-electron chi connectivity index (χ4n) is 1.92. The number of nitrogens with one attached hydrogen (secondary N) is 1. The lowest BCUT2D eigenvalue weighted by atomic mass is 10.2. The number of hydrogen-bond acceptors (Lipinski definition) is 2. The Hall–Kier alpha value is -1.91. The summed E-state index contributed by atoms with van der Waals surface area (Å²) in [6, 6.07) is 2.88. The Balaban J connectivity index is 1.94. The number of pyridine rings is 1. The summed E-state index contributed by atoms with van der Waals surface area (Å²) in [5.41, 5.74) is 0.888. The summed E-state index contributed by atoms with van der Waals surface area (Å²) in [5.74, 6) is -0.558. The van der Waals surface area contributed by atoms with Crippen molar-refractivity contribution >= 4 is 11.6 Å². The van der Waals surface area contributed by atoms with Gasteiger partial charge in [-0.15, -0.1) is 0 Å². The van der Waals surface area contributed by atoms with Crippen molar-refractivity contribution in [3.63, 3.8) is 0 Å². The van der Waals surface area contributed by atoms with E-state index in [-0.39, 0.29) is 11.7 Å². The maximum Gasteiger partial charge on any atom is 0.271 e. The third-order valence-electron chi connectivity index (χ3n) is 2.96. The van der Waals surface area contributed by atoms with E-state index in [0.29, 0.717) is 17.9 Å². The number of aromatic nitrogens is 2. The van der Waals surface area contributed by atoms with E-state index < -0.39 is 0 Å². The minimum atomic E-state index is -0.351. The molecule has 0 aliphatic carbocycles. The highest BCUT2D eigenvalue weighted by molar-refractivity contribution is 5.92. The highest BCUT2D eigenvalue weighted by atomic mass is 19.1. The molecule has 1 amide bonds.